The van der Waals surface area contributed by atoms with Gasteiger partial charge in [-0.25, -0.2) is 4.68 Å². The third-order valence-electron chi connectivity index (χ3n) is 5.09. The lowest BCUT2D eigenvalue weighted by Crippen LogP contribution is -2.27. The number of nitrogens with zero attached hydrogens (tertiary/aromatic N) is 3. The molecule has 0 amide bonds. The van der Waals surface area contributed by atoms with Crippen LogP contribution in [0.3, 0.4) is 0 Å². The third-order valence-corrected chi connectivity index (χ3v) is 6.68. The smallest absolute Gasteiger partial charge is 0.316 e. The Balaban J connectivity index is 1.39. The highest BCUT2D eigenvalue weighted by Crippen LogP contribution is 2.25. The van der Waals surface area contributed by atoms with E-state index in [1.54, 1.807) is 24.3 Å². The summed E-state index contributed by atoms with van der Waals surface area (Å²) in [6.07, 6.45) is 0.274. The van der Waals surface area contributed by atoms with Crippen LogP contribution in [0.4, 0.5) is 0 Å². The Bertz CT molecular complexity index is 1290. The van der Waals surface area contributed by atoms with Gasteiger partial charge in [-0.3, -0.25) is 9.59 Å². The second-order valence-electron chi connectivity index (χ2n) is 7.27. The summed E-state index contributed by atoms with van der Waals surface area (Å²) in [6.45, 7) is 0.191. The summed E-state index contributed by atoms with van der Waals surface area (Å²) in [4.78, 5) is 24.3. The highest BCUT2D eigenvalue weighted by Gasteiger charge is 2.19. The maximum Gasteiger partial charge on any atom is 0.316 e. The second kappa shape index (κ2) is 9.97. The van der Waals surface area contributed by atoms with E-state index in [1.807, 2.05) is 48.5 Å². The lowest BCUT2D eigenvalue weighted by molar-refractivity contribution is -0.136. The first-order valence-electron chi connectivity index (χ1n) is 10.0. The lowest BCUT2D eigenvalue weighted by atomic mass is 10.0. The minimum atomic E-state index is -0.908. The van der Waals surface area contributed by atoms with Gasteiger partial charge in [0.15, 0.2) is 0 Å². The van der Waals surface area contributed by atoms with Gasteiger partial charge in [0.05, 0.1) is 5.39 Å². The van der Waals surface area contributed by atoms with Crippen molar-refractivity contribution in [2.75, 3.05) is 0 Å². The van der Waals surface area contributed by atoms with Gasteiger partial charge < -0.3 is 5.11 Å². The summed E-state index contributed by atoms with van der Waals surface area (Å²) in [5.41, 5.74) is 3.43. The predicted molar refractivity (Wildman–Crippen MR) is 128 cm³/mol. The molecule has 0 radical (unpaired) electrons. The number of hydrogen-bond donors (Lipinski definition) is 1. The van der Waals surface area contributed by atoms with Crippen molar-refractivity contribution < 1.29 is 9.90 Å². The number of rotatable bonds is 8. The molecule has 0 aliphatic rings. The van der Waals surface area contributed by atoms with Crippen LogP contribution >= 0.6 is 23.4 Å². The van der Waals surface area contributed by atoms with E-state index in [0.29, 0.717) is 21.7 Å². The van der Waals surface area contributed by atoms with Crippen LogP contribution in [0.2, 0.25) is 5.02 Å². The number of fused-ring (bicyclic) bond motifs is 1. The van der Waals surface area contributed by atoms with Gasteiger partial charge in [-0.05, 0) is 47.4 Å². The molecule has 4 aromatic rings. The molecule has 1 unspecified atom stereocenters. The van der Waals surface area contributed by atoms with Gasteiger partial charge in [-0.1, -0.05) is 65.3 Å². The SMILES string of the molecule is O=C(O)C(CCn1nnc2ccccc2c1=O)SCc1ccc(-c2ccc(Cl)cc2)cc1. The van der Waals surface area contributed by atoms with Crippen LogP contribution in [-0.4, -0.2) is 31.3 Å². The molecule has 162 valence electrons. The minimum Gasteiger partial charge on any atom is -0.480 e. The molecule has 0 saturated heterocycles. The lowest BCUT2D eigenvalue weighted by Gasteiger charge is -2.13. The summed E-state index contributed by atoms with van der Waals surface area (Å²) in [5, 5.41) is 18.1. The van der Waals surface area contributed by atoms with Crippen LogP contribution in [0.25, 0.3) is 22.0 Å². The Hall–Kier alpha value is -3.16. The first-order chi connectivity index (χ1) is 15.5. The van der Waals surface area contributed by atoms with Crippen molar-refractivity contribution in [2.24, 2.45) is 0 Å². The van der Waals surface area contributed by atoms with E-state index < -0.39 is 11.2 Å². The number of benzene rings is 3. The molecule has 0 fully saturated rings. The van der Waals surface area contributed by atoms with Crippen molar-refractivity contribution in [3.63, 3.8) is 0 Å². The van der Waals surface area contributed by atoms with Gasteiger partial charge in [-0.15, -0.1) is 16.9 Å². The van der Waals surface area contributed by atoms with Gasteiger partial charge in [0, 0.05) is 17.3 Å². The molecule has 0 spiro atoms. The Morgan fingerprint density at radius 1 is 1.00 bits per heavy atom. The standard InChI is InChI=1S/C24H20ClN3O3S/c25-19-11-9-18(10-12-19)17-7-5-16(6-8-17)15-32-22(24(30)31)13-14-28-23(29)20-3-1-2-4-21(20)26-27-28/h1-12,22H,13-15H2,(H,30,31). The highest BCUT2D eigenvalue weighted by atomic mass is 35.5. The van der Waals surface area contributed by atoms with Crippen LogP contribution in [0, 0.1) is 0 Å². The van der Waals surface area contributed by atoms with Gasteiger partial charge in [0.25, 0.3) is 5.56 Å². The molecule has 6 nitrogen and oxygen atoms in total. The van der Waals surface area contributed by atoms with Crippen LogP contribution < -0.4 is 5.56 Å². The van der Waals surface area contributed by atoms with Crippen LogP contribution in [0.1, 0.15) is 12.0 Å². The fraction of sp³-hybridized carbons (Fsp3) is 0.167. The fourth-order valence-electron chi connectivity index (χ4n) is 3.32. The molecule has 0 aliphatic heterocycles. The van der Waals surface area contributed by atoms with Gasteiger partial charge in [0.1, 0.15) is 10.8 Å². The van der Waals surface area contributed by atoms with E-state index in [9.17, 15) is 14.7 Å². The minimum absolute atomic E-state index is 0.191. The summed E-state index contributed by atoms with van der Waals surface area (Å²) >= 11 is 7.28. The molecule has 1 heterocycles. The van der Waals surface area contributed by atoms with E-state index in [-0.39, 0.29) is 18.5 Å². The Morgan fingerprint density at radius 2 is 1.66 bits per heavy atom. The summed E-state index contributed by atoms with van der Waals surface area (Å²) in [6, 6.07) is 22.6. The maximum atomic E-state index is 12.6. The third kappa shape index (κ3) is 5.18. The number of carboxylic acids is 1. The molecule has 1 aromatic heterocycles. The Labute approximate surface area is 193 Å². The zero-order valence-corrected chi connectivity index (χ0v) is 18.6. The van der Waals surface area contributed by atoms with Crippen LogP contribution in [-0.2, 0) is 17.1 Å². The molecular formula is C24H20ClN3O3S. The number of hydrogen-bond acceptors (Lipinski definition) is 5. The Morgan fingerprint density at radius 3 is 2.34 bits per heavy atom. The normalized spacial score (nSPS) is 12.0. The van der Waals surface area contributed by atoms with Crippen molar-refractivity contribution in [3.8, 4) is 11.1 Å². The monoisotopic (exact) mass is 465 g/mol. The zero-order valence-electron chi connectivity index (χ0n) is 17.0. The van der Waals surface area contributed by atoms with E-state index in [2.05, 4.69) is 10.3 Å². The molecule has 1 atom stereocenters. The Kier molecular flexibility index (Phi) is 6.87. The van der Waals surface area contributed by atoms with Crippen molar-refractivity contribution in [1.29, 1.82) is 0 Å². The maximum absolute atomic E-state index is 12.6. The number of aliphatic carboxylic acids is 1. The number of aryl methyl sites for hydroxylation is 1. The van der Waals surface area contributed by atoms with Crippen LogP contribution in [0.5, 0.6) is 0 Å². The quantitative estimate of drug-likeness (QED) is 0.399. The molecule has 1 N–H and O–H groups in total. The van der Waals surface area contributed by atoms with Crippen molar-refractivity contribution in [1.82, 2.24) is 15.0 Å². The van der Waals surface area contributed by atoms with Crippen LogP contribution in [0.15, 0.2) is 77.6 Å². The topological polar surface area (TPSA) is 85.1 Å². The van der Waals surface area contributed by atoms with E-state index in [0.717, 1.165) is 16.7 Å². The number of halogens is 1. The van der Waals surface area contributed by atoms with Crippen molar-refractivity contribution in [3.05, 3.63) is 93.7 Å². The number of carbonyl (C=O) groups is 1. The predicted octanol–water partition coefficient (Wildman–Crippen LogP) is 4.89. The largest absolute Gasteiger partial charge is 0.480 e. The fourth-order valence-corrected chi connectivity index (χ4v) is 4.45. The molecule has 4 rings (SSSR count). The first kappa shape index (κ1) is 22.0. The molecular weight excluding hydrogens is 446 g/mol. The summed E-state index contributed by atoms with van der Waals surface area (Å²) in [7, 11) is 0. The molecule has 3 aromatic carbocycles. The zero-order chi connectivity index (χ0) is 22.5. The van der Waals surface area contributed by atoms with E-state index in [1.165, 1.54) is 16.4 Å². The molecule has 32 heavy (non-hydrogen) atoms. The number of carboxylic acid groups (broad SMARTS) is 1. The van der Waals surface area contributed by atoms with Gasteiger partial charge in [-0.2, -0.15) is 0 Å². The second-order valence-corrected chi connectivity index (χ2v) is 8.89. The molecule has 8 heteroatoms. The van der Waals surface area contributed by atoms with Gasteiger partial charge in [0.2, 0.25) is 0 Å². The van der Waals surface area contributed by atoms with Crippen molar-refractivity contribution >= 4 is 40.2 Å². The molecule has 0 bridgehead atoms. The molecule has 0 saturated carbocycles. The van der Waals surface area contributed by atoms with E-state index >= 15 is 0 Å². The number of aromatic nitrogens is 3. The first-order valence-corrected chi connectivity index (χ1v) is 11.5. The molecule has 0 aliphatic carbocycles. The average Bonchev–Trinajstić information content (AvgIpc) is 2.81. The van der Waals surface area contributed by atoms with Gasteiger partial charge >= 0.3 is 5.97 Å². The van der Waals surface area contributed by atoms with E-state index in [4.69, 9.17) is 11.6 Å². The summed E-state index contributed by atoms with van der Waals surface area (Å²) < 4.78 is 1.24. The highest BCUT2D eigenvalue weighted by molar-refractivity contribution is 7.99. The summed E-state index contributed by atoms with van der Waals surface area (Å²) in [5.74, 6) is -0.356. The number of thioether (sulfide) groups is 1. The van der Waals surface area contributed by atoms with Crippen molar-refractivity contribution in [2.45, 2.75) is 24.0 Å². The average molecular weight is 466 g/mol.